The molecular weight excluding hydrogens is 105 g/mol. The quantitative estimate of drug-likeness (QED) is 0.384. The zero-order valence-corrected chi connectivity index (χ0v) is 4.71. The molecule has 0 bridgehead atoms. The molecule has 0 saturated carbocycles. The third-order valence-corrected chi connectivity index (χ3v) is 0.557. The van der Waals surface area contributed by atoms with Gasteiger partial charge in [0, 0.05) is 0 Å². The maximum atomic E-state index is 10.9. The molecule has 0 unspecified atom stereocenters. The van der Waals surface area contributed by atoms with Crippen LogP contribution < -0.4 is 0 Å². The summed E-state index contributed by atoms with van der Waals surface area (Å²) in [6.07, 6.45) is 7.94. The Morgan fingerprint density at radius 1 is 1.25 bits per heavy atom. The first-order valence-corrected chi connectivity index (χ1v) is 2.34. The SMILES string of the molecule is C/C=C/C=C\C=N/F. The summed E-state index contributed by atoms with van der Waals surface area (Å²) in [7, 11) is 0. The van der Waals surface area contributed by atoms with Gasteiger partial charge < -0.3 is 0 Å². The van der Waals surface area contributed by atoms with Gasteiger partial charge >= 0.3 is 0 Å². The number of halogens is 1. The molecule has 0 aliphatic rings. The van der Waals surface area contributed by atoms with Gasteiger partial charge in [0.05, 0.1) is 6.21 Å². The predicted molar refractivity (Wildman–Crippen MR) is 33.6 cm³/mol. The van der Waals surface area contributed by atoms with Crippen molar-refractivity contribution in [1.82, 2.24) is 0 Å². The van der Waals surface area contributed by atoms with E-state index < -0.39 is 0 Å². The molecule has 0 heterocycles. The standard InChI is InChI=1S/C6H8FN/c1-2-3-4-5-6-8-7/h2-6H,1H3/b3-2+,5-4-,8-6-. The Morgan fingerprint density at radius 2 is 2.00 bits per heavy atom. The Morgan fingerprint density at radius 3 is 2.50 bits per heavy atom. The van der Waals surface area contributed by atoms with Crippen molar-refractivity contribution in [2.75, 3.05) is 0 Å². The molecule has 0 saturated heterocycles. The van der Waals surface area contributed by atoms with Crippen LogP contribution in [0.3, 0.4) is 0 Å². The Labute approximate surface area is 48.2 Å². The molecule has 0 N–H and O–H groups in total. The zero-order valence-electron chi connectivity index (χ0n) is 4.71. The monoisotopic (exact) mass is 113 g/mol. The first-order valence-electron chi connectivity index (χ1n) is 2.34. The first kappa shape index (κ1) is 7.08. The fourth-order valence-corrected chi connectivity index (χ4v) is 0.257. The average Bonchev–Trinajstić information content (AvgIpc) is 1.81. The predicted octanol–water partition coefficient (Wildman–Crippen LogP) is 2.07. The minimum absolute atomic E-state index is 1.08. The number of nitrogens with zero attached hydrogens (tertiary/aromatic N) is 1. The fourth-order valence-electron chi connectivity index (χ4n) is 0.257. The van der Waals surface area contributed by atoms with Gasteiger partial charge in [-0.3, -0.25) is 0 Å². The summed E-state index contributed by atoms with van der Waals surface area (Å²) in [5, 5.41) is 2.26. The van der Waals surface area contributed by atoms with E-state index in [2.05, 4.69) is 5.21 Å². The van der Waals surface area contributed by atoms with Gasteiger partial charge in [-0.1, -0.05) is 27.9 Å². The van der Waals surface area contributed by atoms with Crippen molar-refractivity contribution < 1.29 is 4.48 Å². The van der Waals surface area contributed by atoms with E-state index in [4.69, 9.17) is 0 Å². The van der Waals surface area contributed by atoms with Crippen LogP contribution >= 0.6 is 0 Å². The van der Waals surface area contributed by atoms with E-state index >= 15 is 0 Å². The van der Waals surface area contributed by atoms with Crippen LogP contribution in [-0.2, 0) is 0 Å². The molecule has 1 nitrogen and oxygen atoms in total. The maximum Gasteiger partial charge on any atom is 0.0599 e. The van der Waals surface area contributed by atoms with E-state index in [0.29, 0.717) is 0 Å². The van der Waals surface area contributed by atoms with Crippen molar-refractivity contribution in [3.8, 4) is 0 Å². The number of hydrogen-bond acceptors (Lipinski definition) is 1. The van der Waals surface area contributed by atoms with E-state index in [9.17, 15) is 4.48 Å². The van der Waals surface area contributed by atoms with Crippen molar-refractivity contribution >= 4 is 6.21 Å². The summed E-state index contributed by atoms with van der Waals surface area (Å²) >= 11 is 0. The first-order chi connectivity index (χ1) is 3.91. The Hall–Kier alpha value is -0.920. The molecule has 2 heteroatoms. The fraction of sp³-hybridized carbons (Fsp3) is 0.167. The highest BCUT2D eigenvalue weighted by Gasteiger charge is 1.58. The molecule has 8 heavy (non-hydrogen) atoms. The molecule has 0 aliphatic carbocycles. The van der Waals surface area contributed by atoms with E-state index in [-0.39, 0.29) is 0 Å². The van der Waals surface area contributed by atoms with Gasteiger partial charge in [0.25, 0.3) is 0 Å². The molecular formula is C6H8FN. The van der Waals surface area contributed by atoms with E-state index in [0.717, 1.165) is 6.21 Å². The van der Waals surface area contributed by atoms with Crippen molar-refractivity contribution in [2.45, 2.75) is 6.92 Å². The number of hydrogen-bond donors (Lipinski definition) is 0. The lowest BCUT2D eigenvalue weighted by Crippen LogP contribution is -1.55. The lowest BCUT2D eigenvalue weighted by atomic mass is 10.4. The molecule has 0 rings (SSSR count). The minimum Gasteiger partial charge on any atom is -0.0956 e. The Balaban J connectivity index is 3.35. The van der Waals surface area contributed by atoms with Crippen LogP contribution in [0.2, 0.25) is 0 Å². The highest BCUT2D eigenvalue weighted by molar-refractivity contribution is 5.70. The number of rotatable bonds is 2. The molecule has 0 spiro atoms. The number of allylic oxidation sites excluding steroid dienone is 4. The van der Waals surface area contributed by atoms with Crippen molar-refractivity contribution in [3.05, 3.63) is 24.3 Å². The highest BCUT2D eigenvalue weighted by Crippen LogP contribution is 1.73. The van der Waals surface area contributed by atoms with Crippen LogP contribution in [0.1, 0.15) is 6.92 Å². The minimum atomic E-state index is 1.08. The lowest BCUT2D eigenvalue weighted by Gasteiger charge is -1.66. The van der Waals surface area contributed by atoms with Crippen molar-refractivity contribution in [2.24, 2.45) is 5.21 Å². The third kappa shape index (κ3) is 5.08. The summed E-state index contributed by atoms with van der Waals surface area (Å²) in [5.41, 5.74) is 0. The normalized spacial score (nSPS) is 12.8. The van der Waals surface area contributed by atoms with Gasteiger partial charge in [0.1, 0.15) is 0 Å². The van der Waals surface area contributed by atoms with E-state index in [1.807, 2.05) is 13.0 Å². The van der Waals surface area contributed by atoms with Crippen LogP contribution in [-0.4, -0.2) is 6.21 Å². The molecule has 0 amide bonds. The molecule has 44 valence electrons. The molecule has 0 aromatic rings. The van der Waals surface area contributed by atoms with Gasteiger partial charge in [0.15, 0.2) is 0 Å². The summed E-state index contributed by atoms with van der Waals surface area (Å²) < 4.78 is 10.9. The summed E-state index contributed by atoms with van der Waals surface area (Å²) in [6.45, 7) is 1.89. The maximum absolute atomic E-state index is 10.9. The van der Waals surface area contributed by atoms with E-state index in [1.54, 1.807) is 12.2 Å². The van der Waals surface area contributed by atoms with Gasteiger partial charge in [0.2, 0.25) is 0 Å². The molecule has 0 atom stereocenters. The Bertz CT molecular complexity index is 99.7. The lowest BCUT2D eigenvalue weighted by molar-refractivity contribution is 0.542. The van der Waals surface area contributed by atoms with Gasteiger partial charge in [-0.15, -0.1) is 0 Å². The highest BCUT2D eigenvalue weighted by atomic mass is 19.2. The molecule has 0 aromatic heterocycles. The molecule has 0 fully saturated rings. The van der Waals surface area contributed by atoms with Gasteiger partial charge in [-0.2, -0.15) is 0 Å². The third-order valence-electron chi connectivity index (χ3n) is 0.557. The van der Waals surface area contributed by atoms with Crippen LogP contribution in [0, 0.1) is 0 Å². The zero-order chi connectivity index (χ0) is 6.24. The van der Waals surface area contributed by atoms with E-state index in [1.165, 1.54) is 6.08 Å². The summed E-state index contributed by atoms with van der Waals surface area (Å²) in [4.78, 5) is 0. The van der Waals surface area contributed by atoms with Crippen molar-refractivity contribution in [3.63, 3.8) is 0 Å². The van der Waals surface area contributed by atoms with Gasteiger partial charge in [-0.25, -0.2) is 0 Å². The topological polar surface area (TPSA) is 12.4 Å². The largest absolute Gasteiger partial charge is 0.0956 e. The van der Waals surface area contributed by atoms with Crippen LogP contribution in [0.5, 0.6) is 0 Å². The van der Waals surface area contributed by atoms with Crippen LogP contribution in [0.25, 0.3) is 0 Å². The molecule has 0 radical (unpaired) electrons. The molecule has 0 aliphatic heterocycles. The second-order valence-corrected chi connectivity index (χ2v) is 1.16. The van der Waals surface area contributed by atoms with Crippen molar-refractivity contribution in [1.29, 1.82) is 0 Å². The second-order valence-electron chi connectivity index (χ2n) is 1.16. The molecule has 0 aromatic carbocycles. The summed E-state index contributed by atoms with van der Waals surface area (Å²) in [6, 6.07) is 0. The van der Waals surface area contributed by atoms with Gasteiger partial charge in [-0.05, 0) is 13.0 Å². The van der Waals surface area contributed by atoms with Crippen LogP contribution in [0.15, 0.2) is 29.5 Å². The smallest absolute Gasteiger partial charge is 0.0599 e. The Kier molecular flexibility index (Phi) is 5.38. The summed E-state index contributed by atoms with van der Waals surface area (Å²) in [5.74, 6) is 0. The average molecular weight is 113 g/mol. The second kappa shape index (κ2) is 6.08. The van der Waals surface area contributed by atoms with Crippen LogP contribution in [0.4, 0.5) is 4.48 Å².